The number of esters is 1. The summed E-state index contributed by atoms with van der Waals surface area (Å²) in [6, 6.07) is 7.08. The van der Waals surface area contributed by atoms with Gasteiger partial charge in [0.2, 0.25) is 5.91 Å². The van der Waals surface area contributed by atoms with Crippen LogP contribution in [0.1, 0.15) is 36.7 Å². The predicted octanol–water partition coefficient (Wildman–Crippen LogP) is 1.69. The van der Waals surface area contributed by atoms with Crippen LogP contribution in [0.2, 0.25) is 0 Å². The van der Waals surface area contributed by atoms with Crippen LogP contribution in [0.15, 0.2) is 41.0 Å². The summed E-state index contributed by atoms with van der Waals surface area (Å²) in [4.78, 5) is 28.7. The summed E-state index contributed by atoms with van der Waals surface area (Å²) in [6.45, 7) is 5.94. The minimum Gasteiger partial charge on any atom is -0.462 e. The van der Waals surface area contributed by atoms with E-state index in [4.69, 9.17) is 9.73 Å². The molecule has 2 atom stereocenters. The number of ether oxygens (including phenoxy) is 1. The third-order valence-corrected chi connectivity index (χ3v) is 4.22. The lowest BCUT2D eigenvalue weighted by Crippen LogP contribution is -2.38. The molecule has 2 unspecified atom stereocenters. The molecule has 1 fully saturated rings. The molecule has 0 bridgehead atoms. The molecule has 6 nitrogen and oxygen atoms in total. The van der Waals surface area contributed by atoms with E-state index in [1.165, 1.54) is 0 Å². The first kappa shape index (κ1) is 15.3. The van der Waals surface area contributed by atoms with Gasteiger partial charge in [-0.15, -0.1) is 0 Å². The Morgan fingerprint density at radius 3 is 2.65 bits per heavy atom. The number of amides is 1. The number of rotatable bonds is 3. The summed E-state index contributed by atoms with van der Waals surface area (Å²) in [5.74, 6) is -0.863. The molecule has 2 N–H and O–H groups in total. The lowest BCUT2D eigenvalue weighted by molar-refractivity contribution is -0.123. The van der Waals surface area contributed by atoms with E-state index in [-0.39, 0.29) is 11.9 Å². The molecule has 2 aliphatic rings. The predicted molar refractivity (Wildman–Crippen MR) is 85.7 cm³/mol. The van der Waals surface area contributed by atoms with Crippen LogP contribution in [0.4, 0.5) is 0 Å². The molecule has 3 rings (SSSR count). The number of benzene rings is 1. The van der Waals surface area contributed by atoms with Crippen molar-refractivity contribution in [3.8, 4) is 0 Å². The second-order valence-corrected chi connectivity index (χ2v) is 5.85. The average molecular weight is 313 g/mol. The number of hydrazine groups is 1. The average Bonchev–Trinajstić information content (AvgIpc) is 2.89. The molecule has 1 saturated heterocycles. The largest absolute Gasteiger partial charge is 0.462 e. The van der Waals surface area contributed by atoms with Crippen LogP contribution in [0.25, 0.3) is 0 Å². The first-order chi connectivity index (χ1) is 11.0. The number of carbonyl (C=O) groups excluding carboxylic acids is 2. The Bertz CT molecular complexity index is 721. The first-order valence-corrected chi connectivity index (χ1v) is 7.57. The van der Waals surface area contributed by atoms with Gasteiger partial charge in [-0.2, -0.15) is 0 Å². The number of nitrogens with one attached hydrogen (secondary N) is 2. The number of carbonyl (C=O) groups is 2. The van der Waals surface area contributed by atoms with Crippen molar-refractivity contribution in [3.05, 3.63) is 47.2 Å². The van der Waals surface area contributed by atoms with E-state index in [1.54, 1.807) is 19.1 Å². The van der Waals surface area contributed by atoms with Crippen LogP contribution in [0.5, 0.6) is 0 Å². The zero-order valence-corrected chi connectivity index (χ0v) is 13.3. The Morgan fingerprint density at radius 1 is 1.30 bits per heavy atom. The normalized spacial score (nSPS) is 25.7. The van der Waals surface area contributed by atoms with Gasteiger partial charge in [0.25, 0.3) is 0 Å². The number of dihydropyridines is 1. The third-order valence-electron chi connectivity index (χ3n) is 4.22. The fourth-order valence-corrected chi connectivity index (χ4v) is 3.17. The summed E-state index contributed by atoms with van der Waals surface area (Å²) in [6.07, 6.45) is 1.87. The molecule has 1 aromatic carbocycles. The monoisotopic (exact) mass is 313 g/mol. The van der Waals surface area contributed by atoms with Crippen molar-refractivity contribution in [2.45, 2.75) is 26.3 Å². The summed E-state index contributed by atoms with van der Waals surface area (Å²) >= 11 is 0. The summed E-state index contributed by atoms with van der Waals surface area (Å²) in [7, 11) is 0. The molecule has 2 aliphatic heterocycles. The smallest absolute Gasteiger partial charge is 0.338 e. The van der Waals surface area contributed by atoms with E-state index >= 15 is 0 Å². The number of allylic oxidation sites excluding steroid dienone is 1. The van der Waals surface area contributed by atoms with Gasteiger partial charge in [0.1, 0.15) is 11.5 Å². The second kappa shape index (κ2) is 5.53. The molecular weight excluding hydrogens is 294 g/mol. The SMILES string of the molecule is CCOC(=O)c1ccc(C2(C)N=C(C)C=C3NNC(=O)C32)cc1. The Kier molecular flexibility index (Phi) is 3.67. The highest BCUT2D eigenvalue weighted by Crippen LogP contribution is 2.41. The third kappa shape index (κ3) is 2.50. The highest BCUT2D eigenvalue weighted by Gasteiger charge is 2.48. The number of hydrogen-bond donors (Lipinski definition) is 2. The van der Waals surface area contributed by atoms with E-state index < -0.39 is 11.5 Å². The van der Waals surface area contributed by atoms with Crippen LogP contribution in [0, 0.1) is 5.92 Å². The molecule has 6 heteroatoms. The Morgan fingerprint density at radius 2 is 2.00 bits per heavy atom. The maximum atomic E-state index is 12.2. The van der Waals surface area contributed by atoms with Gasteiger partial charge in [-0.25, -0.2) is 4.79 Å². The minimum atomic E-state index is -0.713. The topological polar surface area (TPSA) is 79.8 Å². The Labute approximate surface area is 134 Å². The van der Waals surface area contributed by atoms with Gasteiger partial charge in [-0.3, -0.25) is 15.2 Å². The van der Waals surface area contributed by atoms with E-state index in [0.29, 0.717) is 12.2 Å². The van der Waals surface area contributed by atoms with E-state index in [2.05, 4.69) is 10.9 Å². The van der Waals surface area contributed by atoms with E-state index in [1.807, 2.05) is 32.1 Å². The molecular formula is C17H19N3O3. The fourth-order valence-electron chi connectivity index (χ4n) is 3.17. The van der Waals surface area contributed by atoms with Gasteiger partial charge < -0.3 is 10.2 Å². The van der Waals surface area contributed by atoms with Crippen molar-refractivity contribution in [3.63, 3.8) is 0 Å². The van der Waals surface area contributed by atoms with Crippen molar-refractivity contribution in [1.29, 1.82) is 0 Å². The molecule has 23 heavy (non-hydrogen) atoms. The maximum absolute atomic E-state index is 12.2. The molecule has 120 valence electrons. The number of nitrogens with zero attached hydrogens (tertiary/aromatic N) is 1. The van der Waals surface area contributed by atoms with E-state index in [0.717, 1.165) is 17.0 Å². The molecule has 0 saturated carbocycles. The Balaban J connectivity index is 1.98. The van der Waals surface area contributed by atoms with Crippen molar-refractivity contribution in [1.82, 2.24) is 10.9 Å². The molecule has 0 aliphatic carbocycles. The maximum Gasteiger partial charge on any atom is 0.338 e. The summed E-state index contributed by atoms with van der Waals surface area (Å²) in [5.41, 5.74) is 7.88. The second-order valence-electron chi connectivity index (χ2n) is 5.85. The van der Waals surface area contributed by atoms with Crippen LogP contribution in [-0.4, -0.2) is 24.2 Å². The van der Waals surface area contributed by atoms with Gasteiger partial charge in [0.05, 0.1) is 12.2 Å². The molecule has 1 amide bonds. The van der Waals surface area contributed by atoms with Gasteiger partial charge in [0.15, 0.2) is 0 Å². The lowest BCUT2D eigenvalue weighted by Gasteiger charge is -2.34. The fraction of sp³-hybridized carbons (Fsp3) is 0.353. The van der Waals surface area contributed by atoms with Gasteiger partial charge >= 0.3 is 5.97 Å². The summed E-state index contributed by atoms with van der Waals surface area (Å²) < 4.78 is 4.99. The number of fused-ring (bicyclic) bond motifs is 1. The van der Waals surface area contributed by atoms with Crippen molar-refractivity contribution >= 4 is 17.6 Å². The van der Waals surface area contributed by atoms with Crippen molar-refractivity contribution in [2.24, 2.45) is 10.9 Å². The molecule has 2 heterocycles. The van der Waals surface area contributed by atoms with Gasteiger partial charge in [-0.1, -0.05) is 12.1 Å². The number of aliphatic imine (C=N–C) groups is 1. The Hall–Kier alpha value is -2.63. The highest BCUT2D eigenvalue weighted by atomic mass is 16.5. The van der Waals surface area contributed by atoms with Crippen LogP contribution < -0.4 is 10.9 Å². The minimum absolute atomic E-state index is 0.107. The quantitative estimate of drug-likeness (QED) is 0.832. The first-order valence-electron chi connectivity index (χ1n) is 7.57. The zero-order chi connectivity index (χ0) is 16.6. The highest BCUT2D eigenvalue weighted by molar-refractivity contribution is 5.98. The molecule has 0 radical (unpaired) electrons. The lowest BCUT2D eigenvalue weighted by atomic mass is 9.76. The molecule has 0 spiro atoms. The van der Waals surface area contributed by atoms with E-state index in [9.17, 15) is 9.59 Å². The van der Waals surface area contributed by atoms with Crippen LogP contribution in [-0.2, 0) is 15.1 Å². The van der Waals surface area contributed by atoms with Gasteiger partial charge in [-0.05, 0) is 44.5 Å². The van der Waals surface area contributed by atoms with Crippen molar-refractivity contribution < 1.29 is 14.3 Å². The standard InChI is InChI=1S/C17H19N3O3/c1-4-23-16(22)11-5-7-12(8-6-11)17(3)14-13(9-10(2)18-17)19-20-15(14)21/h5-9,14,19H,4H2,1-3H3,(H,20,21). The summed E-state index contributed by atoms with van der Waals surface area (Å²) in [5, 5.41) is 0. The molecule has 0 aromatic heterocycles. The zero-order valence-electron chi connectivity index (χ0n) is 13.3. The number of hydrogen-bond acceptors (Lipinski definition) is 5. The van der Waals surface area contributed by atoms with Crippen molar-refractivity contribution in [2.75, 3.05) is 6.61 Å². The van der Waals surface area contributed by atoms with Crippen LogP contribution >= 0.6 is 0 Å². The molecule has 1 aromatic rings. The van der Waals surface area contributed by atoms with Gasteiger partial charge in [0, 0.05) is 11.4 Å². The van der Waals surface area contributed by atoms with Crippen LogP contribution in [0.3, 0.4) is 0 Å².